The maximum absolute atomic E-state index is 10.8. The molecule has 0 heterocycles. The maximum atomic E-state index is 10.8. The summed E-state index contributed by atoms with van der Waals surface area (Å²) in [6.45, 7) is 1.80. The molecule has 0 bridgehead atoms. The molecule has 0 aliphatic carbocycles. The van der Waals surface area contributed by atoms with Crippen LogP contribution in [-0.2, 0) is 23.9 Å². The first kappa shape index (κ1) is 11.5. The minimum atomic E-state index is -0.825. The van der Waals surface area contributed by atoms with Gasteiger partial charge in [0.15, 0.2) is 12.1 Å². The average Bonchev–Trinajstić information content (AvgIpc) is 2.04. The quantitative estimate of drug-likeness (QED) is 0.245. The van der Waals surface area contributed by atoms with Crippen LogP contribution < -0.4 is 0 Å². The van der Waals surface area contributed by atoms with Crippen molar-refractivity contribution in [1.82, 2.24) is 0 Å². The van der Waals surface area contributed by atoms with Crippen LogP contribution in [0.4, 0.5) is 0 Å². The van der Waals surface area contributed by atoms with Crippen molar-refractivity contribution < 1.29 is 23.9 Å². The summed E-state index contributed by atoms with van der Waals surface area (Å²) in [6, 6.07) is 0. The van der Waals surface area contributed by atoms with E-state index >= 15 is 0 Å². The van der Waals surface area contributed by atoms with E-state index in [0.29, 0.717) is 0 Å². The number of ketones is 2. The van der Waals surface area contributed by atoms with Gasteiger partial charge in [-0.3, -0.25) is 19.2 Å². The third kappa shape index (κ3) is 5.72. The topological polar surface area (TPSA) is 77.5 Å². The smallest absolute Gasteiger partial charge is 0.313 e. The minimum absolute atomic E-state index is 0.0586. The summed E-state index contributed by atoms with van der Waals surface area (Å²) in [5, 5.41) is 0. The Hall–Kier alpha value is -1.52. The summed E-state index contributed by atoms with van der Waals surface area (Å²) in [5.74, 6) is -2.10. The van der Waals surface area contributed by atoms with E-state index in [2.05, 4.69) is 4.74 Å². The number of ether oxygens (including phenoxy) is 1. The van der Waals surface area contributed by atoms with Crippen molar-refractivity contribution in [2.75, 3.05) is 6.61 Å². The lowest BCUT2D eigenvalue weighted by atomic mass is 10.1. The molecule has 0 saturated heterocycles. The van der Waals surface area contributed by atoms with Gasteiger partial charge in [-0.1, -0.05) is 0 Å². The molecule has 5 nitrogen and oxygen atoms in total. The maximum Gasteiger partial charge on any atom is 0.313 e. The van der Waals surface area contributed by atoms with Crippen LogP contribution in [0.25, 0.3) is 0 Å². The van der Waals surface area contributed by atoms with Crippen molar-refractivity contribution in [3.63, 3.8) is 0 Å². The monoisotopic (exact) mass is 186 g/mol. The SMILES string of the molecule is CCOC(=O)CC(=O)CC(=O)C=O. The Labute approximate surface area is 75.1 Å². The number of Topliss-reactive ketones (excluding diaryl/α,β-unsaturated/α-hetero) is 2. The van der Waals surface area contributed by atoms with Crippen molar-refractivity contribution >= 4 is 23.8 Å². The van der Waals surface area contributed by atoms with Crippen molar-refractivity contribution in [3.05, 3.63) is 0 Å². The van der Waals surface area contributed by atoms with Crippen molar-refractivity contribution in [2.24, 2.45) is 0 Å². The summed E-state index contributed by atoms with van der Waals surface area (Å²) in [6.07, 6.45) is -0.918. The lowest BCUT2D eigenvalue weighted by Crippen LogP contribution is -2.14. The first-order valence-corrected chi connectivity index (χ1v) is 3.75. The number of esters is 1. The molecule has 0 aromatic heterocycles. The largest absolute Gasteiger partial charge is 0.466 e. The zero-order valence-corrected chi connectivity index (χ0v) is 7.24. The summed E-state index contributed by atoms with van der Waals surface area (Å²) >= 11 is 0. The molecule has 0 aliphatic rings. The second-order valence-corrected chi connectivity index (χ2v) is 2.28. The average molecular weight is 186 g/mol. The van der Waals surface area contributed by atoms with E-state index in [1.165, 1.54) is 0 Å². The first-order chi connectivity index (χ1) is 6.10. The second-order valence-electron chi connectivity index (χ2n) is 2.28. The molecule has 0 unspecified atom stereocenters. The molecule has 0 radical (unpaired) electrons. The normalized spacial score (nSPS) is 9.00. The molecular formula is C8H10O5. The Kier molecular flexibility index (Phi) is 5.34. The number of carbonyl (C=O) groups excluding carboxylic acids is 4. The van der Waals surface area contributed by atoms with E-state index < -0.39 is 30.4 Å². The van der Waals surface area contributed by atoms with Gasteiger partial charge in [0.05, 0.1) is 13.0 Å². The predicted molar refractivity (Wildman–Crippen MR) is 41.9 cm³/mol. The van der Waals surface area contributed by atoms with E-state index in [9.17, 15) is 19.2 Å². The molecule has 72 valence electrons. The van der Waals surface area contributed by atoms with Crippen LogP contribution in [0, 0.1) is 0 Å². The highest BCUT2D eigenvalue weighted by atomic mass is 16.5. The Bertz CT molecular complexity index is 231. The number of rotatable bonds is 6. The van der Waals surface area contributed by atoms with Crippen LogP contribution in [0.5, 0.6) is 0 Å². The molecule has 0 atom stereocenters. The summed E-state index contributed by atoms with van der Waals surface area (Å²) in [5.41, 5.74) is 0. The van der Waals surface area contributed by atoms with E-state index in [4.69, 9.17) is 0 Å². The first-order valence-electron chi connectivity index (χ1n) is 3.75. The molecule has 13 heavy (non-hydrogen) atoms. The van der Waals surface area contributed by atoms with Crippen LogP contribution in [0.2, 0.25) is 0 Å². The minimum Gasteiger partial charge on any atom is -0.466 e. The van der Waals surface area contributed by atoms with E-state index in [1.807, 2.05) is 0 Å². The Balaban J connectivity index is 3.80. The van der Waals surface area contributed by atoms with Crippen molar-refractivity contribution in [3.8, 4) is 0 Å². The fourth-order valence-corrected chi connectivity index (χ4v) is 0.672. The van der Waals surface area contributed by atoms with Gasteiger partial charge >= 0.3 is 5.97 Å². The van der Waals surface area contributed by atoms with Crippen molar-refractivity contribution in [2.45, 2.75) is 19.8 Å². The molecule has 0 fully saturated rings. The van der Waals surface area contributed by atoms with Crippen LogP contribution >= 0.6 is 0 Å². The van der Waals surface area contributed by atoms with Gasteiger partial charge in [-0.2, -0.15) is 0 Å². The van der Waals surface area contributed by atoms with Gasteiger partial charge in [-0.05, 0) is 6.92 Å². The van der Waals surface area contributed by atoms with E-state index in [1.54, 1.807) is 6.92 Å². The van der Waals surface area contributed by atoms with Crippen LogP contribution in [0.3, 0.4) is 0 Å². The van der Waals surface area contributed by atoms with E-state index in [-0.39, 0.29) is 12.9 Å². The molecule has 0 aliphatic heterocycles. The van der Waals surface area contributed by atoms with Gasteiger partial charge in [0.1, 0.15) is 6.42 Å². The molecule has 0 amide bonds. The predicted octanol–water partition coefficient (Wildman–Crippen LogP) is -0.333. The molecule has 0 saturated carbocycles. The van der Waals surface area contributed by atoms with Gasteiger partial charge in [0.2, 0.25) is 5.78 Å². The molecule has 0 rings (SSSR count). The van der Waals surface area contributed by atoms with Gasteiger partial charge in [0.25, 0.3) is 0 Å². The molecule has 0 spiro atoms. The van der Waals surface area contributed by atoms with Gasteiger partial charge in [0, 0.05) is 0 Å². The second kappa shape index (κ2) is 6.05. The van der Waals surface area contributed by atoms with Crippen LogP contribution in [-0.4, -0.2) is 30.4 Å². The summed E-state index contributed by atoms with van der Waals surface area (Å²) in [4.78, 5) is 41.8. The fourth-order valence-electron chi connectivity index (χ4n) is 0.672. The number of aldehydes is 1. The molecule has 5 heteroatoms. The Morgan fingerprint density at radius 2 is 1.85 bits per heavy atom. The summed E-state index contributed by atoms with van der Waals surface area (Å²) in [7, 11) is 0. The Morgan fingerprint density at radius 1 is 1.23 bits per heavy atom. The van der Waals surface area contributed by atoms with Gasteiger partial charge in [-0.15, -0.1) is 0 Å². The number of carbonyl (C=O) groups is 4. The third-order valence-electron chi connectivity index (χ3n) is 1.15. The van der Waals surface area contributed by atoms with Crippen molar-refractivity contribution in [1.29, 1.82) is 0 Å². The summed E-state index contributed by atoms with van der Waals surface area (Å²) < 4.78 is 4.47. The molecule has 0 aromatic rings. The highest BCUT2D eigenvalue weighted by Gasteiger charge is 2.13. The molecular weight excluding hydrogens is 176 g/mol. The number of hydrogen-bond donors (Lipinski definition) is 0. The highest BCUT2D eigenvalue weighted by Crippen LogP contribution is 1.93. The highest BCUT2D eigenvalue weighted by molar-refractivity contribution is 6.30. The van der Waals surface area contributed by atoms with Crippen LogP contribution in [0.1, 0.15) is 19.8 Å². The zero-order chi connectivity index (χ0) is 10.3. The van der Waals surface area contributed by atoms with Gasteiger partial charge < -0.3 is 4.74 Å². The van der Waals surface area contributed by atoms with Crippen LogP contribution in [0.15, 0.2) is 0 Å². The lowest BCUT2D eigenvalue weighted by Gasteiger charge is -1.98. The zero-order valence-electron chi connectivity index (χ0n) is 7.24. The lowest BCUT2D eigenvalue weighted by molar-refractivity contribution is -0.146. The van der Waals surface area contributed by atoms with Gasteiger partial charge in [-0.25, -0.2) is 0 Å². The Morgan fingerprint density at radius 3 is 2.31 bits per heavy atom. The third-order valence-corrected chi connectivity index (χ3v) is 1.15. The van der Waals surface area contributed by atoms with E-state index in [0.717, 1.165) is 0 Å². The standard InChI is InChI=1S/C8H10O5/c1-2-13-8(12)4-6(10)3-7(11)5-9/h5H,2-4H2,1H3. The molecule has 0 N–H and O–H groups in total. The number of hydrogen-bond acceptors (Lipinski definition) is 5. The fraction of sp³-hybridized carbons (Fsp3) is 0.500. The molecule has 0 aromatic carbocycles.